The van der Waals surface area contributed by atoms with Crippen LogP contribution in [0, 0.1) is 0 Å². The lowest BCUT2D eigenvalue weighted by Gasteiger charge is -2.14. The second-order valence-corrected chi connectivity index (χ2v) is 5.71. The quantitative estimate of drug-likeness (QED) is 0.880. The number of rotatable bonds is 6. The van der Waals surface area contributed by atoms with Crippen molar-refractivity contribution in [1.29, 1.82) is 0 Å². The van der Waals surface area contributed by atoms with Crippen molar-refractivity contribution in [2.24, 2.45) is 0 Å². The van der Waals surface area contributed by atoms with E-state index in [0.29, 0.717) is 6.04 Å². The lowest BCUT2D eigenvalue weighted by atomic mass is 10.1. The second kappa shape index (κ2) is 7.41. The summed E-state index contributed by atoms with van der Waals surface area (Å²) in [5.74, 6) is 0. The smallest absolute Gasteiger partial charge is 0.0300 e. The summed E-state index contributed by atoms with van der Waals surface area (Å²) in [6, 6.07) is 13.1. The topological polar surface area (TPSA) is 24.9 Å². The fourth-order valence-electron chi connectivity index (χ4n) is 2.06. The summed E-state index contributed by atoms with van der Waals surface area (Å²) in [6.07, 6.45) is 5.83. The number of hydrogen-bond donors (Lipinski definition) is 1. The highest BCUT2D eigenvalue weighted by atomic mass is 79.9. The Morgan fingerprint density at radius 2 is 1.95 bits per heavy atom. The van der Waals surface area contributed by atoms with Gasteiger partial charge in [0, 0.05) is 22.9 Å². The van der Waals surface area contributed by atoms with Gasteiger partial charge in [0.2, 0.25) is 0 Å². The van der Waals surface area contributed by atoms with Crippen molar-refractivity contribution >= 4 is 15.9 Å². The summed E-state index contributed by atoms with van der Waals surface area (Å²) in [6.45, 7) is 3.22. The number of nitrogens with one attached hydrogen (secondary N) is 1. The summed E-state index contributed by atoms with van der Waals surface area (Å²) in [7, 11) is 0. The zero-order valence-electron chi connectivity index (χ0n) is 11.1. The van der Waals surface area contributed by atoms with Gasteiger partial charge >= 0.3 is 0 Å². The average Bonchev–Trinajstić information content (AvgIpc) is 2.43. The zero-order valence-corrected chi connectivity index (χ0v) is 12.7. The number of nitrogens with zero attached hydrogens (tertiary/aromatic N) is 1. The van der Waals surface area contributed by atoms with E-state index in [9.17, 15) is 0 Å². The van der Waals surface area contributed by atoms with Crippen LogP contribution in [0.2, 0.25) is 0 Å². The molecule has 0 bridgehead atoms. The standard InChI is InChI=1S/C16H19BrN2/c1-13(11-14-4-6-16(17)7-5-14)19-10-8-15-3-2-9-18-12-15/h2-7,9,12-13,19H,8,10-11H2,1H3. The molecule has 1 atom stereocenters. The molecule has 0 radical (unpaired) electrons. The normalized spacial score (nSPS) is 12.3. The first kappa shape index (κ1) is 14.2. The highest BCUT2D eigenvalue weighted by Crippen LogP contribution is 2.11. The summed E-state index contributed by atoms with van der Waals surface area (Å²) in [5, 5.41) is 3.55. The first-order valence-corrected chi connectivity index (χ1v) is 7.40. The van der Waals surface area contributed by atoms with Crippen LogP contribution >= 0.6 is 15.9 Å². The van der Waals surface area contributed by atoms with Gasteiger partial charge < -0.3 is 5.32 Å². The number of pyridine rings is 1. The minimum Gasteiger partial charge on any atom is -0.314 e. The molecule has 0 spiro atoms. The van der Waals surface area contributed by atoms with E-state index in [2.05, 4.69) is 63.5 Å². The first-order valence-electron chi connectivity index (χ1n) is 6.61. The summed E-state index contributed by atoms with van der Waals surface area (Å²) < 4.78 is 1.13. The summed E-state index contributed by atoms with van der Waals surface area (Å²) >= 11 is 3.46. The van der Waals surface area contributed by atoms with E-state index in [-0.39, 0.29) is 0 Å². The van der Waals surface area contributed by atoms with Crippen molar-refractivity contribution in [3.8, 4) is 0 Å². The van der Waals surface area contributed by atoms with E-state index >= 15 is 0 Å². The molecule has 100 valence electrons. The SMILES string of the molecule is CC(Cc1ccc(Br)cc1)NCCc1cccnc1. The molecular formula is C16H19BrN2. The van der Waals surface area contributed by atoms with E-state index in [1.807, 2.05) is 18.5 Å². The van der Waals surface area contributed by atoms with Crippen LogP contribution in [0.25, 0.3) is 0 Å². The second-order valence-electron chi connectivity index (χ2n) is 4.80. The van der Waals surface area contributed by atoms with E-state index in [1.54, 1.807) is 0 Å². The van der Waals surface area contributed by atoms with Crippen molar-refractivity contribution in [3.05, 3.63) is 64.4 Å². The third-order valence-corrected chi connectivity index (χ3v) is 3.61. The fourth-order valence-corrected chi connectivity index (χ4v) is 2.32. The Balaban J connectivity index is 1.73. The van der Waals surface area contributed by atoms with Gasteiger partial charge in [0.05, 0.1) is 0 Å². The Bertz CT molecular complexity index is 482. The Hall–Kier alpha value is -1.19. The summed E-state index contributed by atoms with van der Waals surface area (Å²) in [4.78, 5) is 4.13. The van der Waals surface area contributed by atoms with Crippen molar-refractivity contribution in [2.75, 3.05) is 6.54 Å². The van der Waals surface area contributed by atoms with Gasteiger partial charge in [-0.3, -0.25) is 4.98 Å². The number of halogens is 1. The van der Waals surface area contributed by atoms with Crippen LogP contribution < -0.4 is 5.32 Å². The van der Waals surface area contributed by atoms with Gasteiger partial charge in [-0.25, -0.2) is 0 Å². The maximum absolute atomic E-state index is 4.13. The van der Waals surface area contributed by atoms with Crippen molar-refractivity contribution in [2.45, 2.75) is 25.8 Å². The van der Waals surface area contributed by atoms with Crippen molar-refractivity contribution in [1.82, 2.24) is 10.3 Å². The predicted molar refractivity (Wildman–Crippen MR) is 83.3 cm³/mol. The average molecular weight is 319 g/mol. The Morgan fingerprint density at radius 3 is 2.63 bits per heavy atom. The van der Waals surface area contributed by atoms with Crippen LogP contribution in [0.5, 0.6) is 0 Å². The molecule has 1 aromatic heterocycles. The van der Waals surface area contributed by atoms with E-state index < -0.39 is 0 Å². The molecule has 1 unspecified atom stereocenters. The molecule has 0 saturated carbocycles. The molecule has 0 aliphatic rings. The van der Waals surface area contributed by atoms with Gasteiger partial charge in [-0.05, 0) is 55.6 Å². The Labute approximate surface area is 123 Å². The third kappa shape index (κ3) is 5.13. The fraction of sp³-hybridized carbons (Fsp3) is 0.312. The van der Waals surface area contributed by atoms with Gasteiger partial charge in [-0.2, -0.15) is 0 Å². The molecule has 0 amide bonds. The molecule has 2 nitrogen and oxygen atoms in total. The molecule has 1 heterocycles. The molecule has 19 heavy (non-hydrogen) atoms. The highest BCUT2D eigenvalue weighted by Gasteiger charge is 2.03. The van der Waals surface area contributed by atoms with Crippen LogP contribution in [0.4, 0.5) is 0 Å². The number of benzene rings is 1. The molecule has 2 rings (SSSR count). The van der Waals surface area contributed by atoms with Crippen LogP contribution in [-0.4, -0.2) is 17.6 Å². The maximum atomic E-state index is 4.13. The molecule has 0 saturated heterocycles. The minimum absolute atomic E-state index is 0.484. The number of hydrogen-bond acceptors (Lipinski definition) is 2. The van der Waals surface area contributed by atoms with Crippen molar-refractivity contribution < 1.29 is 0 Å². The molecule has 2 aromatic rings. The van der Waals surface area contributed by atoms with Gasteiger partial charge in [0.15, 0.2) is 0 Å². The third-order valence-electron chi connectivity index (χ3n) is 3.08. The molecule has 0 fully saturated rings. The highest BCUT2D eigenvalue weighted by molar-refractivity contribution is 9.10. The first-order chi connectivity index (χ1) is 9.24. The minimum atomic E-state index is 0.484. The van der Waals surface area contributed by atoms with Crippen LogP contribution in [0.3, 0.4) is 0 Å². The lowest BCUT2D eigenvalue weighted by Crippen LogP contribution is -2.29. The molecular weight excluding hydrogens is 300 g/mol. The predicted octanol–water partition coefficient (Wildman–Crippen LogP) is 3.61. The molecule has 1 aromatic carbocycles. The van der Waals surface area contributed by atoms with Gasteiger partial charge in [-0.15, -0.1) is 0 Å². The maximum Gasteiger partial charge on any atom is 0.0300 e. The van der Waals surface area contributed by atoms with Gasteiger partial charge in [0.1, 0.15) is 0 Å². The molecule has 0 aliphatic carbocycles. The van der Waals surface area contributed by atoms with Gasteiger partial charge in [0.25, 0.3) is 0 Å². The zero-order chi connectivity index (χ0) is 13.5. The Kier molecular flexibility index (Phi) is 5.55. The van der Waals surface area contributed by atoms with E-state index in [4.69, 9.17) is 0 Å². The number of aromatic nitrogens is 1. The van der Waals surface area contributed by atoms with Crippen LogP contribution in [0.15, 0.2) is 53.3 Å². The Morgan fingerprint density at radius 1 is 1.16 bits per heavy atom. The lowest BCUT2D eigenvalue weighted by molar-refractivity contribution is 0.548. The van der Waals surface area contributed by atoms with Crippen LogP contribution in [-0.2, 0) is 12.8 Å². The van der Waals surface area contributed by atoms with E-state index in [1.165, 1.54) is 11.1 Å². The van der Waals surface area contributed by atoms with Crippen molar-refractivity contribution in [3.63, 3.8) is 0 Å². The molecule has 3 heteroatoms. The monoisotopic (exact) mass is 318 g/mol. The largest absolute Gasteiger partial charge is 0.314 e. The molecule has 1 N–H and O–H groups in total. The van der Waals surface area contributed by atoms with Crippen LogP contribution in [0.1, 0.15) is 18.1 Å². The van der Waals surface area contributed by atoms with E-state index in [0.717, 1.165) is 23.9 Å². The summed E-state index contributed by atoms with van der Waals surface area (Å²) in [5.41, 5.74) is 2.65. The van der Waals surface area contributed by atoms with Gasteiger partial charge in [-0.1, -0.05) is 34.1 Å². The molecule has 0 aliphatic heterocycles.